The van der Waals surface area contributed by atoms with E-state index >= 15 is 0 Å². The van der Waals surface area contributed by atoms with Crippen LogP contribution < -0.4 is 0 Å². The third kappa shape index (κ3) is 4.09. The Balaban J connectivity index is 2.48. The van der Waals surface area contributed by atoms with Gasteiger partial charge < -0.3 is 4.90 Å². The van der Waals surface area contributed by atoms with Gasteiger partial charge in [-0.2, -0.15) is 5.26 Å². The third-order valence-electron chi connectivity index (χ3n) is 2.17. The van der Waals surface area contributed by atoms with Gasteiger partial charge in [0.2, 0.25) is 0 Å². The molecule has 80 valence electrons. The summed E-state index contributed by atoms with van der Waals surface area (Å²) in [5.41, 5.74) is 1.06. The lowest BCUT2D eigenvalue weighted by Crippen LogP contribution is -2.23. The van der Waals surface area contributed by atoms with Crippen molar-refractivity contribution in [2.75, 3.05) is 13.6 Å². The molecule has 1 aromatic carbocycles. The molecule has 0 saturated carbocycles. The van der Waals surface area contributed by atoms with Crippen molar-refractivity contribution in [3.63, 3.8) is 0 Å². The molecule has 0 aliphatic rings. The maximum Gasteiger partial charge on any atom is 0.123 e. The Morgan fingerprint density at radius 1 is 1.40 bits per heavy atom. The molecule has 0 spiro atoms. The minimum Gasteiger partial charge on any atom is -0.301 e. The number of hydrogen-bond donors (Lipinski definition) is 0. The highest BCUT2D eigenvalue weighted by Gasteiger charge is 2.05. The summed E-state index contributed by atoms with van der Waals surface area (Å²) in [5.74, 6) is -0.192. The van der Waals surface area contributed by atoms with Crippen molar-refractivity contribution in [1.82, 2.24) is 4.90 Å². The maximum absolute atomic E-state index is 12.6. The standard InChI is InChI=1S/C12H15FN2/c1-10(7-14)8-15(2)9-11-3-5-12(13)6-4-11/h3-6,10H,8-9H2,1-2H3. The fourth-order valence-corrected chi connectivity index (χ4v) is 1.47. The highest BCUT2D eigenvalue weighted by Crippen LogP contribution is 2.06. The van der Waals surface area contributed by atoms with Crippen molar-refractivity contribution >= 4 is 0 Å². The third-order valence-corrected chi connectivity index (χ3v) is 2.17. The van der Waals surface area contributed by atoms with Gasteiger partial charge in [-0.05, 0) is 31.7 Å². The molecule has 0 amide bonds. The molecule has 1 atom stereocenters. The number of benzene rings is 1. The molecule has 0 radical (unpaired) electrons. The summed E-state index contributed by atoms with van der Waals surface area (Å²) in [6, 6.07) is 8.63. The van der Waals surface area contributed by atoms with Crippen LogP contribution in [0.2, 0.25) is 0 Å². The van der Waals surface area contributed by atoms with Gasteiger partial charge in [0.15, 0.2) is 0 Å². The van der Waals surface area contributed by atoms with Gasteiger partial charge >= 0.3 is 0 Å². The minimum absolute atomic E-state index is 0.0236. The minimum atomic E-state index is -0.216. The predicted octanol–water partition coefficient (Wildman–Crippen LogP) is 2.42. The summed E-state index contributed by atoms with van der Waals surface area (Å²) in [5, 5.41) is 8.66. The Hall–Kier alpha value is -1.40. The molecule has 1 unspecified atom stereocenters. The highest BCUT2D eigenvalue weighted by atomic mass is 19.1. The van der Waals surface area contributed by atoms with Crippen molar-refractivity contribution in [3.8, 4) is 6.07 Å². The van der Waals surface area contributed by atoms with Crippen molar-refractivity contribution in [2.45, 2.75) is 13.5 Å². The maximum atomic E-state index is 12.6. The fourth-order valence-electron chi connectivity index (χ4n) is 1.47. The van der Waals surface area contributed by atoms with Gasteiger partial charge in [0.1, 0.15) is 5.82 Å². The van der Waals surface area contributed by atoms with Crippen LogP contribution in [0.15, 0.2) is 24.3 Å². The molecule has 0 bridgehead atoms. The monoisotopic (exact) mass is 206 g/mol. The summed E-state index contributed by atoms with van der Waals surface area (Å²) < 4.78 is 12.6. The Morgan fingerprint density at radius 3 is 2.53 bits per heavy atom. The van der Waals surface area contributed by atoms with Crippen LogP contribution in [0.3, 0.4) is 0 Å². The summed E-state index contributed by atoms with van der Waals surface area (Å²) >= 11 is 0. The fraction of sp³-hybridized carbons (Fsp3) is 0.417. The molecular formula is C12H15FN2. The average molecular weight is 206 g/mol. The number of nitriles is 1. The number of hydrogen-bond acceptors (Lipinski definition) is 2. The van der Waals surface area contributed by atoms with Crippen LogP contribution in [0.25, 0.3) is 0 Å². The van der Waals surface area contributed by atoms with Gasteiger partial charge in [0.05, 0.1) is 12.0 Å². The van der Waals surface area contributed by atoms with E-state index in [0.29, 0.717) is 0 Å². The Morgan fingerprint density at radius 2 is 2.00 bits per heavy atom. The molecule has 3 heteroatoms. The van der Waals surface area contributed by atoms with E-state index in [2.05, 4.69) is 11.0 Å². The first-order valence-electron chi connectivity index (χ1n) is 4.94. The van der Waals surface area contributed by atoms with Crippen LogP contribution >= 0.6 is 0 Å². The van der Waals surface area contributed by atoms with Gasteiger partial charge in [-0.1, -0.05) is 12.1 Å². The quantitative estimate of drug-likeness (QED) is 0.756. The van der Waals surface area contributed by atoms with Crippen LogP contribution in [-0.2, 0) is 6.54 Å². The second kappa shape index (κ2) is 5.47. The molecule has 1 aromatic rings. The molecule has 15 heavy (non-hydrogen) atoms. The number of nitrogens with zero attached hydrogens (tertiary/aromatic N) is 2. The van der Waals surface area contributed by atoms with E-state index in [1.54, 1.807) is 12.1 Å². The van der Waals surface area contributed by atoms with Gasteiger partial charge in [0, 0.05) is 13.1 Å². The van der Waals surface area contributed by atoms with Crippen LogP contribution in [0, 0.1) is 23.1 Å². The van der Waals surface area contributed by atoms with Crippen LogP contribution in [-0.4, -0.2) is 18.5 Å². The molecule has 0 aliphatic heterocycles. The lowest BCUT2D eigenvalue weighted by Gasteiger charge is -2.17. The molecule has 0 aromatic heterocycles. The predicted molar refractivity (Wildman–Crippen MR) is 57.5 cm³/mol. The first kappa shape index (κ1) is 11.7. The first-order valence-corrected chi connectivity index (χ1v) is 4.94. The van der Waals surface area contributed by atoms with Crippen molar-refractivity contribution in [1.29, 1.82) is 5.26 Å². The average Bonchev–Trinajstić information content (AvgIpc) is 2.21. The molecule has 0 N–H and O–H groups in total. The zero-order chi connectivity index (χ0) is 11.3. The van der Waals surface area contributed by atoms with E-state index in [-0.39, 0.29) is 11.7 Å². The van der Waals surface area contributed by atoms with E-state index in [9.17, 15) is 4.39 Å². The van der Waals surface area contributed by atoms with E-state index in [1.807, 2.05) is 14.0 Å². The zero-order valence-electron chi connectivity index (χ0n) is 9.07. The van der Waals surface area contributed by atoms with E-state index in [1.165, 1.54) is 12.1 Å². The smallest absolute Gasteiger partial charge is 0.123 e. The van der Waals surface area contributed by atoms with Gasteiger partial charge in [-0.25, -0.2) is 4.39 Å². The van der Waals surface area contributed by atoms with Crippen molar-refractivity contribution in [3.05, 3.63) is 35.6 Å². The van der Waals surface area contributed by atoms with E-state index in [0.717, 1.165) is 18.7 Å². The number of halogens is 1. The van der Waals surface area contributed by atoms with Gasteiger partial charge in [-0.15, -0.1) is 0 Å². The summed E-state index contributed by atoms with van der Waals surface area (Å²) in [4.78, 5) is 2.06. The Bertz CT molecular complexity index is 340. The molecular weight excluding hydrogens is 191 g/mol. The van der Waals surface area contributed by atoms with Crippen molar-refractivity contribution in [2.24, 2.45) is 5.92 Å². The topological polar surface area (TPSA) is 27.0 Å². The Labute approximate surface area is 89.9 Å². The van der Waals surface area contributed by atoms with Crippen LogP contribution in [0.4, 0.5) is 4.39 Å². The van der Waals surface area contributed by atoms with Crippen molar-refractivity contribution < 1.29 is 4.39 Å². The molecule has 0 saturated heterocycles. The molecule has 1 rings (SSSR count). The highest BCUT2D eigenvalue weighted by molar-refractivity contribution is 5.15. The largest absolute Gasteiger partial charge is 0.301 e. The van der Waals surface area contributed by atoms with Gasteiger partial charge in [0.25, 0.3) is 0 Å². The van der Waals surface area contributed by atoms with Crippen LogP contribution in [0.1, 0.15) is 12.5 Å². The normalized spacial score (nSPS) is 12.5. The zero-order valence-corrected chi connectivity index (χ0v) is 9.07. The molecule has 0 aliphatic carbocycles. The molecule has 0 heterocycles. The van der Waals surface area contributed by atoms with E-state index in [4.69, 9.17) is 5.26 Å². The summed E-state index contributed by atoms with van der Waals surface area (Å²) in [7, 11) is 1.96. The summed E-state index contributed by atoms with van der Waals surface area (Å²) in [6.45, 7) is 3.36. The van der Waals surface area contributed by atoms with Crippen LogP contribution in [0.5, 0.6) is 0 Å². The molecule has 2 nitrogen and oxygen atoms in total. The number of rotatable bonds is 4. The lowest BCUT2D eigenvalue weighted by atomic mass is 10.1. The first-order chi connectivity index (χ1) is 7.11. The second-order valence-corrected chi connectivity index (χ2v) is 3.85. The summed E-state index contributed by atoms with van der Waals surface area (Å²) in [6.07, 6.45) is 0. The SMILES string of the molecule is CC(C#N)CN(C)Cc1ccc(F)cc1. The lowest BCUT2D eigenvalue weighted by molar-refractivity contribution is 0.303. The molecule has 0 fully saturated rings. The second-order valence-electron chi connectivity index (χ2n) is 3.85. The Kier molecular flexibility index (Phi) is 4.26. The van der Waals surface area contributed by atoms with Gasteiger partial charge in [-0.3, -0.25) is 0 Å². The van der Waals surface area contributed by atoms with E-state index < -0.39 is 0 Å².